The van der Waals surface area contributed by atoms with Crippen LogP contribution in [0.4, 0.5) is 0 Å². The Hall–Kier alpha value is -3.58. The zero-order chi connectivity index (χ0) is 40.8. The number of benzene rings is 4. The predicted octanol–water partition coefficient (Wildman–Crippen LogP) is 10.6. The molecule has 0 saturated heterocycles. The summed E-state index contributed by atoms with van der Waals surface area (Å²) < 4.78 is 45.2. The lowest BCUT2D eigenvalue weighted by molar-refractivity contribution is 0.281. The first-order valence-corrected chi connectivity index (χ1v) is 21.8. The van der Waals surface area contributed by atoms with Crippen molar-refractivity contribution in [1.29, 1.82) is 0 Å². The maximum Gasteiger partial charge on any atom is 0.584 e. The van der Waals surface area contributed by atoms with Gasteiger partial charge in [0.1, 0.15) is 23.0 Å². The van der Waals surface area contributed by atoms with Gasteiger partial charge in [-0.3, -0.25) is 14.7 Å². The third-order valence-corrected chi connectivity index (χ3v) is 11.9. The zero-order valence-electron chi connectivity index (χ0n) is 34.2. The molecule has 0 unspecified atom stereocenters. The fourth-order valence-electron chi connectivity index (χ4n) is 7.35. The Labute approximate surface area is 326 Å². The molecule has 0 aliphatic carbocycles. The van der Waals surface area contributed by atoms with E-state index in [9.17, 15) is 28.9 Å². The van der Waals surface area contributed by atoms with E-state index in [0.29, 0.717) is 44.5 Å². The number of phosphoric ester groups is 2. The van der Waals surface area contributed by atoms with E-state index in [0.717, 1.165) is 22.3 Å². The summed E-state index contributed by atoms with van der Waals surface area (Å²) in [6.45, 7) is 25.0. The molecule has 0 saturated carbocycles. The van der Waals surface area contributed by atoms with Gasteiger partial charge in [-0.25, -0.2) is 9.13 Å². The van der Waals surface area contributed by atoms with E-state index in [-0.39, 0.29) is 70.3 Å². The van der Waals surface area contributed by atoms with Crippen molar-refractivity contribution < 1.29 is 42.5 Å². The Morgan fingerprint density at radius 3 is 1.05 bits per heavy atom. The summed E-state index contributed by atoms with van der Waals surface area (Å²) in [6.07, 6.45) is 0.401. The molecule has 9 nitrogen and oxygen atoms in total. The van der Waals surface area contributed by atoms with Crippen molar-refractivity contribution in [3.63, 3.8) is 0 Å². The quantitative estimate of drug-likeness (QED) is 0.129. The first-order chi connectivity index (χ1) is 25.0. The molecule has 0 amide bonds. The van der Waals surface area contributed by atoms with E-state index in [1.54, 1.807) is 0 Å². The predicted molar refractivity (Wildman–Crippen MR) is 217 cm³/mol. The van der Waals surface area contributed by atoms with Crippen LogP contribution in [0.2, 0.25) is 0 Å². The normalized spacial score (nSPS) is 15.9. The Morgan fingerprint density at radius 2 is 0.782 bits per heavy atom. The van der Waals surface area contributed by atoms with Crippen molar-refractivity contribution in [3.8, 4) is 23.0 Å². The molecule has 55 heavy (non-hydrogen) atoms. The van der Waals surface area contributed by atoms with Gasteiger partial charge in [0, 0.05) is 25.7 Å². The number of fused-ring (bicyclic) bond motifs is 6. The van der Waals surface area contributed by atoms with Crippen LogP contribution in [0.25, 0.3) is 0 Å². The molecule has 4 aromatic rings. The molecule has 0 aromatic heterocycles. The van der Waals surface area contributed by atoms with Gasteiger partial charge in [0.15, 0.2) is 0 Å². The summed E-state index contributed by atoms with van der Waals surface area (Å²) in [5.74, 6) is 0.372. The molecule has 0 spiro atoms. The van der Waals surface area contributed by atoms with E-state index < -0.39 is 15.6 Å². The summed E-state index contributed by atoms with van der Waals surface area (Å²) in [5.41, 5.74) is 6.69. The van der Waals surface area contributed by atoms with E-state index >= 15 is 0 Å². The van der Waals surface area contributed by atoms with Crippen molar-refractivity contribution in [2.45, 2.75) is 130 Å². The van der Waals surface area contributed by atoms with Gasteiger partial charge in [-0.05, 0) is 88.4 Å². The minimum Gasteiger partial charge on any atom is -0.507 e. The first kappa shape index (κ1) is 41.1. The molecule has 0 fully saturated rings. The van der Waals surface area contributed by atoms with E-state index in [2.05, 4.69) is 83.1 Å². The second kappa shape index (κ2) is 13.5. The fraction of sp³-hybridized carbons (Fsp3) is 0.455. The first-order valence-electron chi connectivity index (χ1n) is 18.8. The lowest BCUT2D eigenvalue weighted by atomic mass is 9.79. The monoisotopic (exact) mass is 790 g/mol. The van der Waals surface area contributed by atoms with Crippen LogP contribution in [-0.2, 0) is 56.5 Å². The summed E-state index contributed by atoms with van der Waals surface area (Å²) in [5, 5.41) is 12.1. The molecule has 0 radical (unpaired) electrons. The zero-order valence-corrected chi connectivity index (χ0v) is 36.0. The van der Waals surface area contributed by atoms with E-state index in [1.807, 2.05) is 48.5 Å². The molecule has 4 N–H and O–H groups in total. The highest BCUT2D eigenvalue weighted by molar-refractivity contribution is 7.48. The average molecular weight is 791 g/mol. The third-order valence-electron chi connectivity index (χ3n) is 10.6. The smallest absolute Gasteiger partial charge is 0.507 e. The van der Waals surface area contributed by atoms with Crippen LogP contribution in [0, 0.1) is 0 Å². The van der Waals surface area contributed by atoms with Crippen LogP contribution in [0.5, 0.6) is 23.0 Å². The number of hydrogen-bond donors (Lipinski definition) is 4. The molecule has 6 bridgehead atoms. The van der Waals surface area contributed by atoms with Crippen LogP contribution in [-0.4, -0.2) is 19.8 Å². The maximum atomic E-state index is 14.4. The van der Waals surface area contributed by atoms with Gasteiger partial charge in [0.05, 0.1) is 0 Å². The summed E-state index contributed by atoms with van der Waals surface area (Å²) in [6, 6.07) is 15.5. The van der Waals surface area contributed by atoms with Gasteiger partial charge in [-0.15, -0.1) is 0 Å². The molecular formula is C44H56O9P2. The van der Waals surface area contributed by atoms with Crippen LogP contribution < -0.4 is 13.6 Å². The standard InChI is InChI=1S/C44H56O9P2/c1-41(2,3)33-17-25-13-27-19-34(42(4,5)6)23-31-15-29-21-36(44(10,11)12)22-30(38(29)51-54(46,47)48)16-32-24-35(43(7,8)9)20-28(14-26(18-33)37(25)45)40(32)53-55(49,50)52-39(27)31/h17-24,45H,13-16H2,1-12H3,(H,49,50)(H2,46,47,48). The third kappa shape index (κ3) is 8.87. The van der Waals surface area contributed by atoms with Gasteiger partial charge < -0.3 is 18.7 Å². The molecule has 296 valence electrons. The minimum atomic E-state index is -5.08. The molecule has 2 aliphatic heterocycles. The van der Waals surface area contributed by atoms with Crippen LogP contribution >= 0.6 is 15.6 Å². The Balaban J connectivity index is 1.85. The molecule has 6 rings (SSSR count). The minimum absolute atomic E-state index is 0.0396. The highest BCUT2D eigenvalue weighted by atomic mass is 31.2. The topological polar surface area (TPSA) is 143 Å². The molecule has 2 heterocycles. The second-order valence-electron chi connectivity index (χ2n) is 19.5. The van der Waals surface area contributed by atoms with Crippen molar-refractivity contribution in [2.75, 3.05) is 0 Å². The fourth-order valence-corrected chi connectivity index (χ4v) is 8.79. The van der Waals surface area contributed by atoms with Crippen molar-refractivity contribution in [1.82, 2.24) is 0 Å². The summed E-state index contributed by atoms with van der Waals surface area (Å²) in [4.78, 5) is 32.5. The van der Waals surface area contributed by atoms with Crippen molar-refractivity contribution >= 4 is 15.6 Å². The molecule has 0 atom stereocenters. The molecule has 11 heteroatoms. The van der Waals surface area contributed by atoms with Gasteiger partial charge in [-0.2, -0.15) is 0 Å². The second-order valence-corrected chi connectivity index (χ2v) is 21.9. The van der Waals surface area contributed by atoms with E-state index in [1.165, 1.54) is 0 Å². The van der Waals surface area contributed by atoms with Gasteiger partial charge in [0.25, 0.3) is 0 Å². The highest BCUT2D eigenvalue weighted by Gasteiger charge is 2.36. The van der Waals surface area contributed by atoms with Crippen LogP contribution in [0.3, 0.4) is 0 Å². The van der Waals surface area contributed by atoms with Crippen molar-refractivity contribution in [3.05, 3.63) is 115 Å². The summed E-state index contributed by atoms with van der Waals surface area (Å²) >= 11 is 0. The van der Waals surface area contributed by atoms with Crippen molar-refractivity contribution in [2.24, 2.45) is 0 Å². The maximum absolute atomic E-state index is 14.4. The summed E-state index contributed by atoms with van der Waals surface area (Å²) in [7, 11) is -9.98. The largest absolute Gasteiger partial charge is 0.584 e. The Morgan fingerprint density at radius 1 is 0.527 bits per heavy atom. The highest BCUT2D eigenvalue weighted by Crippen LogP contribution is 2.53. The van der Waals surface area contributed by atoms with Gasteiger partial charge >= 0.3 is 15.6 Å². The average Bonchev–Trinajstić information content (AvgIpc) is 2.99. The Kier molecular flexibility index (Phi) is 10.1. The number of phenols is 1. The lowest BCUT2D eigenvalue weighted by Gasteiger charge is -2.30. The van der Waals surface area contributed by atoms with E-state index in [4.69, 9.17) is 13.6 Å². The molecule has 2 aliphatic rings. The Bertz CT molecular complexity index is 2160. The van der Waals surface area contributed by atoms with Crippen LogP contribution in [0.1, 0.15) is 150 Å². The number of rotatable bonds is 2. The number of aromatic hydroxyl groups is 1. The number of phenolic OH excluding ortho intramolecular Hbond substituents is 1. The SMILES string of the molecule is CC(C)(C)c1cc2c(O)c(c1)Cc1cc(C(C)(C)C)cc3c1OP(=O)(O)Oc1c(cc(C(C)(C)C)cc1Cc1cc(C(C)(C)C)cc(c1OP(=O)(O)O)C3)C2. The molecule has 4 aromatic carbocycles. The van der Waals surface area contributed by atoms with Gasteiger partial charge in [-0.1, -0.05) is 132 Å². The van der Waals surface area contributed by atoms with Gasteiger partial charge in [0.2, 0.25) is 0 Å². The number of phosphoric acid groups is 2. The molecular weight excluding hydrogens is 734 g/mol. The van der Waals surface area contributed by atoms with Crippen LogP contribution in [0.15, 0.2) is 48.5 Å². The number of hydrogen-bond acceptors (Lipinski definition) is 6. The lowest BCUT2D eigenvalue weighted by Crippen LogP contribution is -2.18.